The molecule has 1 saturated heterocycles. The molecule has 2 N–H and O–H groups in total. The fourth-order valence-electron chi connectivity index (χ4n) is 2.64. The van der Waals surface area contributed by atoms with Gasteiger partial charge in [0.1, 0.15) is 11.6 Å². The summed E-state index contributed by atoms with van der Waals surface area (Å²) in [5.41, 5.74) is 0.462. The Labute approximate surface area is 128 Å². The molecule has 6 nitrogen and oxygen atoms in total. The highest BCUT2D eigenvalue weighted by Gasteiger charge is 2.26. The molecular formula is C16H18N4O2. The smallest absolute Gasteiger partial charge is 0.227 e. The van der Waals surface area contributed by atoms with Gasteiger partial charge < -0.3 is 15.3 Å². The van der Waals surface area contributed by atoms with Crippen LogP contribution in [0.5, 0.6) is 5.75 Å². The zero-order chi connectivity index (χ0) is 15.4. The van der Waals surface area contributed by atoms with Crippen molar-refractivity contribution in [3.8, 4) is 5.75 Å². The second-order valence-electron chi connectivity index (χ2n) is 5.33. The standard InChI is InChI=1S/C16H18N4O2/c21-14-4-2-1-3-13(14)19-16(22)12-5-9-20(10-6-12)15-11-17-7-8-18-15/h1-4,7-8,11-12,21H,5-6,9-10H2,(H,19,22). The van der Waals surface area contributed by atoms with Crippen LogP contribution in [0.3, 0.4) is 0 Å². The summed E-state index contributed by atoms with van der Waals surface area (Å²) < 4.78 is 0. The molecule has 2 aromatic rings. The monoisotopic (exact) mass is 298 g/mol. The fourth-order valence-corrected chi connectivity index (χ4v) is 2.64. The third-order valence-corrected chi connectivity index (χ3v) is 3.90. The highest BCUT2D eigenvalue weighted by atomic mass is 16.3. The molecule has 2 heterocycles. The number of nitrogens with zero attached hydrogens (tertiary/aromatic N) is 3. The molecule has 1 fully saturated rings. The molecule has 1 amide bonds. The van der Waals surface area contributed by atoms with Crippen molar-refractivity contribution in [1.29, 1.82) is 0 Å². The zero-order valence-electron chi connectivity index (χ0n) is 12.1. The quantitative estimate of drug-likeness (QED) is 0.848. The Balaban J connectivity index is 1.57. The van der Waals surface area contributed by atoms with Crippen LogP contribution >= 0.6 is 0 Å². The summed E-state index contributed by atoms with van der Waals surface area (Å²) in [6, 6.07) is 6.77. The fraction of sp³-hybridized carbons (Fsp3) is 0.312. The minimum Gasteiger partial charge on any atom is -0.506 e. The van der Waals surface area contributed by atoms with Crippen LogP contribution in [0, 0.1) is 5.92 Å². The molecule has 0 aliphatic carbocycles. The summed E-state index contributed by atoms with van der Waals surface area (Å²) in [4.78, 5) is 22.8. The summed E-state index contributed by atoms with van der Waals surface area (Å²) in [6.07, 6.45) is 6.58. The average Bonchev–Trinajstić information content (AvgIpc) is 2.58. The number of benzene rings is 1. The van der Waals surface area contributed by atoms with Gasteiger partial charge in [-0.3, -0.25) is 9.78 Å². The van der Waals surface area contributed by atoms with Gasteiger partial charge in [0.05, 0.1) is 11.9 Å². The van der Waals surface area contributed by atoms with Crippen LogP contribution < -0.4 is 10.2 Å². The molecule has 22 heavy (non-hydrogen) atoms. The topological polar surface area (TPSA) is 78.4 Å². The van der Waals surface area contributed by atoms with E-state index in [0.29, 0.717) is 5.69 Å². The molecule has 0 spiro atoms. The number of aromatic nitrogens is 2. The first-order valence-electron chi connectivity index (χ1n) is 7.34. The normalized spacial score (nSPS) is 15.5. The summed E-state index contributed by atoms with van der Waals surface area (Å²) in [5, 5.41) is 12.5. The van der Waals surface area contributed by atoms with Crippen molar-refractivity contribution in [1.82, 2.24) is 9.97 Å². The van der Waals surface area contributed by atoms with E-state index in [1.807, 2.05) is 0 Å². The molecular weight excluding hydrogens is 280 g/mol. The molecule has 0 atom stereocenters. The SMILES string of the molecule is O=C(Nc1ccccc1O)C1CCN(c2cnccn2)CC1. The predicted molar refractivity (Wildman–Crippen MR) is 83.7 cm³/mol. The number of hydrogen-bond acceptors (Lipinski definition) is 5. The highest BCUT2D eigenvalue weighted by Crippen LogP contribution is 2.25. The van der Waals surface area contributed by atoms with Crippen LogP contribution in [0.2, 0.25) is 0 Å². The molecule has 3 rings (SSSR count). The van der Waals surface area contributed by atoms with Crippen LogP contribution in [-0.2, 0) is 4.79 Å². The van der Waals surface area contributed by atoms with E-state index < -0.39 is 0 Å². The number of carbonyl (C=O) groups is 1. The number of hydrogen-bond donors (Lipinski definition) is 2. The number of nitrogens with one attached hydrogen (secondary N) is 1. The van der Waals surface area contributed by atoms with Crippen molar-refractivity contribution in [2.24, 2.45) is 5.92 Å². The van der Waals surface area contributed by atoms with Crippen molar-refractivity contribution < 1.29 is 9.90 Å². The Morgan fingerprint density at radius 3 is 2.68 bits per heavy atom. The first-order valence-corrected chi connectivity index (χ1v) is 7.34. The largest absolute Gasteiger partial charge is 0.506 e. The van der Waals surface area contributed by atoms with E-state index in [0.717, 1.165) is 31.7 Å². The Hall–Kier alpha value is -2.63. The summed E-state index contributed by atoms with van der Waals surface area (Å²) in [7, 11) is 0. The van der Waals surface area contributed by atoms with Crippen molar-refractivity contribution in [3.05, 3.63) is 42.9 Å². The van der Waals surface area contributed by atoms with Gasteiger partial charge in [-0.25, -0.2) is 4.98 Å². The van der Waals surface area contributed by atoms with Crippen molar-refractivity contribution in [2.75, 3.05) is 23.3 Å². The number of anilines is 2. The Morgan fingerprint density at radius 1 is 1.23 bits per heavy atom. The molecule has 1 aliphatic rings. The van der Waals surface area contributed by atoms with Gasteiger partial charge in [-0.15, -0.1) is 0 Å². The molecule has 0 unspecified atom stereocenters. The van der Waals surface area contributed by atoms with E-state index >= 15 is 0 Å². The lowest BCUT2D eigenvalue weighted by molar-refractivity contribution is -0.120. The van der Waals surface area contributed by atoms with Gasteiger partial charge in [0.2, 0.25) is 5.91 Å². The van der Waals surface area contributed by atoms with Crippen molar-refractivity contribution in [2.45, 2.75) is 12.8 Å². The van der Waals surface area contributed by atoms with Crippen molar-refractivity contribution >= 4 is 17.4 Å². The number of para-hydroxylation sites is 2. The lowest BCUT2D eigenvalue weighted by atomic mass is 9.96. The van der Waals surface area contributed by atoms with Gasteiger partial charge in [-0.05, 0) is 25.0 Å². The summed E-state index contributed by atoms with van der Waals surface area (Å²) in [5.74, 6) is 0.850. The maximum atomic E-state index is 12.3. The molecule has 0 saturated carbocycles. The van der Waals surface area contributed by atoms with Gasteiger partial charge in [0, 0.05) is 31.4 Å². The maximum Gasteiger partial charge on any atom is 0.227 e. The van der Waals surface area contributed by atoms with Gasteiger partial charge in [-0.1, -0.05) is 12.1 Å². The van der Waals surface area contributed by atoms with E-state index in [-0.39, 0.29) is 17.6 Å². The van der Waals surface area contributed by atoms with E-state index in [1.165, 1.54) is 0 Å². The van der Waals surface area contributed by atoms with Crippen molar-refractivity contribution in [3.63, 3.8) is 0 Å². The van der Waals surface area contributed by atoms with Gasteiger partial charge >= 0.3 is 0 Å². The second-order valence-corrected chi connectivity index (χ2v) is 5.33. The Morgan fingerprint density at radius 2 is 2.00 bits per heavy atom. The van der Waals surface area contributed by atoms with Gasteiger partial charge in [0.25, 0.3) is 0 Å². The van der Waals surface area contributed by atoms with Gasteiger partial charge in [-0.2, -0.15) is 0 Å². The summed E-state index contributed by atoms with van der Waals surface area (Å²) >= 11 is 0. The van der Waals surface area contributed by atoms with Gasteiger partial charge in [0.15, 0.2) is 0 Å². The van der Waals surface area contributed by atoms with E-state index in [1.54, 1.807) is 42.9 Å². The van der Waals surface area contributed by atoms with E-state index in [4.69, 9.17) is 0 Å². The Kier molecular flexibility index (Phi) is 4.18. The third-order valence-electron chi connectivity index (χ3n) is 3.90. The molecule has 1 aromatic heterocycles. The summed E-state index contributed by atoms with van der Waals surface area (Å²) in [6.45, 7) is 1.55. The molecule has 114 valence electrons. The number of amides is 1. The molecule has 0 bridgehead atoms. The van der Waals surface area contributed by atoms with Crippen LogP contribution in [0.1, 0.15) is 12.8 Å². The van der Waals surface area contributed by atoms with E-state index in [2.05, 4.69) is 20.2 Å². The number of aromatic hydroxyl groups is 1. The number of phenols is 1. The zero-order valence-corrected chi connectivity index (χ0v) is 12.1. The maximum absolute atomic E-state index is 12.3. The highest BCUT2D eigenvalue weighted by molar-refractivity contribution is 5.94. The lowest BCUT2D eigenvalue weighted by Crippen LogP contribution is -2.38. The number of rotatable bonds is 3. The first-order chi connectivity index (χ1) is 10.7. The minimum absolute atomic E-state index is 0.0414. The average molecular weight is 298 g/mol. The van der Waals surface area contributed by atoms with Crippen LogP contribution in [0.15, 0.2) is 42.9 Å². The lowest BCUT2D eigenvalue weighted by Gasteiger charge is -2.31. The molecule has 1 aromatic carbocycles. The first kappa shape index (κ1) is 14.3. The molecule has 1 aliphatic heterocycles. The number of phenolic OH excluding ortho intramolecular Hbond substituents is 1. The second kappa shape index (κ2) is 6.43. The van der Waals surface area contributed by atoms with Crippen LogP contribution in [0.4, 0.5) is 11.5 Å². The Bertz CT molecular complexity index is 640. The van der Waals surface area contributed by atoms with E-state index in [9.17, 15) is 9.90 Å². The minimum atomic E-state index is -0.0486. The predicted octanol–water partition coefficient (Wildman–Crippen LogP) is 2.04. The van der Waals surface area contributed by atoms with Crippen LogP contribution in [0.25, 0.3) is 0 Å². The molecule has 0 radical (unpaired) electrons. The van der Waals surface area contributed by atoms with Crippen LogP contribution in [-0.4, -0.2) is 34.1 Å². The number of carbonyl (C=O) groups excluding carboxylic acids is 1. The number of piperidine rings is 1. The molecule has 6 heteroatoms. The third kappa shape index (κ3) is 3.16.